The summed E-state index contributed by atoms with van der Waals surface area (Å²) in [6.45, 7) is -1.33. The van der Waals surface area contributed by atoms with Crippen molar-refractivity contribution in [2.45, 2.75) is 31.3 Å². The fourth-order valence-electron chi connectivity index (χ4n) is 0.941. The molecule has 7 heteroatoms. The lowest BCUT2D eigenvalue weighted by atomic mass is 10.2. The standard InChI is InChI=1S/C9H16F4O3/c1-15-4-2-3-7(14)5-16-6-9(12,13)8(10)11/h7-8,14H,2-6H2,1H3. The molecule has 3 nitrogen and oxygen atoms in total. The van der Waals surface area contributed by atoms with E-state index in [2.05, 4.69) is 4.74 Å². The average Bonchev–Trinajstić information content (AvgIpc) is 2.17. The monoisotopic (exact) mass is 248 g/mol. The molecule has 0 spiro atoms. The number of halogens is 4. The first kappa shape index (κ1) is 15.6. The Kier molecular flexibility index (Phi) is 7.61. The zero-order valence-electron chi connectivity index (χ0n) is 8.97. The van der Waals surface area contributed by atoms with E-state index in [9.17, 15) is 22.7 Å². The molecule has 1 atom stereocenters. The minimum absolute atomic E-state index is 0.314. The number of aliphatic hydroxyl groups excluding tert-OH is 1. The summed E-state index contributed by atoms with van der Waals surface area (Å²) in [6, 6.07) is 0. The Hall–Kier alpha value is -0.400. The molecule has 0 aromatic rings. The van der Waals surface area contributed by atoms with Gasteiger partial charge in [0.25, 0.3) is 0 Å². The molecule has 1 N–H and O–H groups in total. The lowest BCUT2D eigenvalue weighted by molar-refractivity contribution is -0.170. The number of hydrogen-bond donors (Lipinski definition) is 1. The highest BCUT2D eigenvalue weighted by Gasteiger charge is 2.41. The average molecular weight is 248 g/mol. The molecule has 0 saturated carbocycles. The van der Waals surface area contributed by atoms with Gasteiger partial charge in [0.05, 0.1) is 12.7 Å². The lowest BCUT2D eigenvalue weighted by Gasteiger charge is -2.16. The van der Waals surface area contributed by atoms with E-state index in [1.54, 1.807) is 0 Å². The molecule has 0 aliphatic heterocycles. The summed E-state index contributed by atoms with van der Waals surface area (Å²) >= 11 is 0. The number of methoxy groups -OCH3 is 1. The van der Waals surface area contributed by atoms with Crippen LogP contribution in [0.2, 0.25) is 0 Å². The summed E-state index contributed by atoms with van der Waals surface area (Å²) in [5.74, 6) is -4.16. The fourth-order valence-corrected chi connectivity index (χ4v) is 0.941. The lowest BCUT2D eigenvalue weighted by Crippen LogP contribution is -2.33. The zero-order chi connectivity index (χ0) is 12.6. The van der Waals surface area contributed by atoms with Gasteiger partial charge in [-0.15, -0.1) is 0 Å². The second-order valence-electron chi connectivity index (χ2n) is 3.37. The van der Waals surface area contributed by atoms with Crippen LogP contribution in [0.1, 0.15) is 12.8 Å². The van der Waals surface area contributed by atoms with Gasteiger partial charge in [0, 0.05) is 13.7 Å². The highest BCUT2D eigenvalue weighted by Crippen LogP contribution is 2.22. The summed E-state index contributed by atoms with van der Waals surface area (Å²) in [6.07, 6.45) is -3.83. The molecule has 0 heterocycles. The van der Waals surface area contributed by atoms with Crippen LogP contribution in [0.25, 0.3) is 0 Å². The highest BCUT2D eigenvalue weighted by atomic mass is 19.3. The number of aliphatic hydroxyl groups is 1. The summed E-state index contributed by atoms with van der Waals surface area (Å²) in [7, 11) is 1.49. The Balaban J connectivity index is 3.57. The maximum Gasteiger partial charge on any atom is 0.330 e. The van der Waals surface area contributed by atoms with Crippen LogP contribution in [0.3, 0.4) is 0 Å². The molecular formula is C9H16F4O3. The summed E-state index contributed by atoms with van der Waals surface area (Å²) in [5.41, 5.74) is 0. The Bertz CT molecular complexity index is 178. The normalized spacial score (nSPS) is 14.4. The van der Waals surface area contributed by atoms with Crippen LogP contribution in [0.15, 0.2) is 0 Å². The van der Waals surface area contributed by atoms with Crippen LogP contribution in [0, 0.1) is 0 Å². The number of hydrogen-bond acceptors (Lipinski definition) is 3. The zero-order valence-corrected chi connectivity index (χ0v) is 8.97. The van der Waals surface area contributed by atoms with Gasteiger partial charge in [-0.1, -0.05) is 0 Å². The Morgan fingerprint density at radius 3 is 2.44 bits per heavy atom. The third-order valence-electron chi connectivity index (χ3n) is 1.81. The van der Waals surface area contributed by atoms with Crippen molar-refractivity contribution < 1.29 is 32.1 Å². The molecule has 0 rings (SSSR count). The number of rotatable bonds is 9. The first-order valence-corrected chi connectivity index (χ1v) is 4.81. The maximum absolute atomic E-state index is 12.3. The van der Waals surface area contributed by atoms with E-state index < -0.39 is 25.1 Å². The second-order valence-corrected chi connectivity index (χ2v) is 3.37. The molecule has 0 bridgehead atoms. The van der Waals surface area contributed by atoms with E-state index in [4.69, 9.17) is 4.74 Å². The molecule has 0 aliphatic carbocycles. The third kappa shape index (κ3) is 6.97. The third-order valence-corrected chi connectivity index (χ3v) is 1.81. The molecule has 0 radical (unpaired) electrons. The van der Waals surface area contributed by atoms with Crippen molar-refractivity contribution in [1.29, 1.82) is 0 Å². The van der Waals surface area contributed by atoms with Crippen molar-refractivity contribution in [3.63, 3.8) is 0 Å². The van der Waals surface area contributed by atoms with Crippen LogP contribution < -0.4 is 0 Å². The highest BCUT2D eigenvalue weighted by molar-refractivity contribution is 4.68. The Morgan fingerprint density at radius 2 is 1.94 bits per heavy atom. The van der Waals surface area contributed by atoms with Gasteiger partial charge >= 0.3 is 12.3 Å². The summed E-state index contributed by atoms with van der Waals surface area (Å²) < 4.78 is 57.0. The molecule has 16 heavy (non-hydrogen) atoms. The van der Waals surface area contributed by atoms with Crippen LogP contribution in [0.4, 0.5) is 17.6 Å². The van der Waals surface area contributed by atoms with E-state index in [1.807, 2.05) is 0 Å². The van der Waals surface area contributed by atoms with Gasteiger partial charge < -0.3 is 14.6 Å². The largest absolute Gasteiger partial charge is 0.391 e. The van der Waals surface area contributed by atoms with Gasteiger partial charge in [0.2, 0.25) is 0 Å². The van der Waals surface area contributed by atoms with E-state index in [-0.39, 0.29) is 6.61 Å². The van der Waals surface area contributed by atoms with Gasteiger partial charge in [-0.25, -0.2) is 8.78 Å². The molecular weight excluding hydrogens is 232 g/mol. The maximum atomic E-state index is 12.3. The van der Waals surface area contributed by atoms with Crippen molar-refractivity contribution >= 4 is 0 Å². The molecule has 0 aliphatic rings. The SMILES string of the molecule is COCCCC(O)COCC(F)(F)C(F)F. The van der Waals surface area contributed by atoms with Crippen LogP contribution >= 0.6 is 0 Å². The summed E-state index contributed by atoms with van der Waals surface area (Å²) in [4.78, 5) is 0. The molecule has 0 amide bonds. The van der Waals surface area contributed by atoms with Crippen LogP contribution in [0.5, 0.6) is 0 Å². The summed E-state index contributed by atoms with van der Waals surface area (Å²) in [5, 5.41) is 9.20. The fraction of sp³-hybridized carbons (Fsp3) is 1.00. The number of ether oxygens (including phenoxy) is 2. The van der Waals surface area contributed by atoms with Gasteiger partial charge in [-0.2, -0.15) is 8.78 Å². The van der Waals surface area contributed by atoms with Crippen molar-refractivity contribution in [2.24, 2.45) is 0 Å². The van der Waals surface area contributed by atoms with E-state index in [1.165, 1.54) is 7.11 Å². The van der Waals surface area contributed by atoms with Gasteiger partial charge in [0.1, 0.15) is 6.61 Å². The van der Waals surface area contributed by atoms with Crippen LogP contribution in [-0.2, 0) is 9.47 Å². The molecule has 0 aromatic carbocycles. The Labute approximate surface area is 91.3 Å². The second kappa shape index (κ2) is 7.81. The minimum Gasteiger partial charge on any atom is -0.391 e. The first-order valence-electron chi connectivity index (χ1n) is 4.81. The quantitative estimate of drug-likeness (QED) is 0.498. The molecule has 0 fully saturated rings. The van der Waals surface area contributed by atoms with E-state index in [0.717, 1.165) is 0 Å². The van der Waals surface area contributed by atoms with E-state index >= 15 is 0 Å². The van der Waals surface area contributed by atoms with Gasteiger partial charge in [0.15, 0.2) is 0 Å². The van der Waals surface area contributed by atoms with Gasteiger partial charge in [-0.05, 0) is 12.8 Å². The Morgan fingerprint density at radius 1 is 1.31 bits per heavy atom. The number of alkyl halides is 4. The predicted octanol–water partition coefficient (Wildman–Crippen LogP) is 1.69. The first-order chi connectivity index (χ1) is 7.40. The van der Waals surface area contributed by atoms with Crippen LogP contribution in [-0.4, -0.2) is 50.5 Å². The predicted molar refractivity (Wildman–Crippen MR) is 48.9 cm³/mol. The van der Waals surface area contributed by atoms with Crippen molar-refractivity contribution in [2.75, 3.05) is 26.9 Å². The molecule has 0 saturated heterocycles. The van der Waals surface area contributed by atoms with Crippen molar-refractivity contribution in [1.82, 2.24) is 0 Å². The van der Waals surface area contributed by atoms with Crippen molar-refractivity contribution in [3.8, 4) is 0 Å². The topological polar surface area (TPSA) is 38.7 Å². The molecule has 1 unspecified atom stereocenters. The molecule has 98 valence electrons. The minimum atomic E-state index is -4.16. The molecule has 0 aromatic heterocycles. The van der Waals surface area contributed by atoms with Gasteiger partial charge in [-0.3, -0.25) is 0 Å². The smallest absolute Gasteiger partial charge is 0.330 e. The van der Waals surface area contributed by atoms with Crippen molar-refractivity contribution in [3.05, 3.63) is 0 Å². The van der Waals surface area contributed by atoms with E-state index in [0.29, 0.717) is 19.4 Å².